The van der Waals surface area contributed by atoms with Crippen molar-refractivity contribution < 1.29 is 22.4 Å². The van der Waals surface area contributed by atoms with Crippen LogP contribution in [-0.4, -0.2) is 83.9 Å². The SMILES string of the molecule is CC.CN1CCC(Nc2cccn3c([Se]C(F)(F)F)c(C#CCNC(=O)c4cnn(C)c4)cc23)C(F)C1. The number of nitrogens with one attached hydrogen (secondary N) is 2. The average Bonchev–Trinajstić information content (AvgIpc) is 3.43. The predicted molar refractivity (Wildman–Crippen MR) is 137 cm³/mol. The number of pyridine rings is 1. The summed E-state index contributed by atoms with van der Waals surface area (Å²) in [5.41, 5.74) is 1.65. The van der Waals surface area contributed by atoms with Crippen molar-refractivity contribution in [1.29, 1.82) is 0 Å². The third-order valence-electron chi connectivity index (χ3n) is 5.59. The van der Waals surface area contributed by atoms with Crippen molar-refractivity contribution in [3.05, 3.63) is 47.9 Å². The fourth-order valence-corrected chi connectivity index (χ4v) is 5.38. The zero-order chi connectivity index (χ0) is 27.2. The van der Waals surface area contributed by atoms with Gasteiger partial charge in [0.1, 0.15) is 0 Å². The Hall–Kier alpha value is -3.00. The molecule has 4 rings (SSSR count). The van der Waals surface area contributed by atoms with Crippen LogP contribution in [0.1, 0.15) is 36.2 Å². The van der Waals surface area contributed by atoms with E-state index in [1.165, 1.54) is 15.3 Å². The van der Waals surface area contributed by atoms with Crippen molar-refractivity contribution in [2.45, 2.75) is 37.6 Å². The quantitative estimate of drug-likeness (QED) is 0.275. The monoisotopic (exact) mass is 586 g/mol. The van der Waals surface area contributed by atoms with E-state index in [0.717, 1.165) is 6.54 Å². The van der Waals surface area contributed by atoms with Gasteiger partial charge in [0.15, 0.2) is 0 Å². The van der Waals surface area contributed by atoms with E-state index in [9.17, 15) is 22.4 Å². The third-order valence-corrected chi connectivity index (χ3v) is 7.35. The number of hydrogen-bond acceptors (Lipinski definition) is 4. The number of rotatable bonds is 5. The van der Waals surface area contributed by atoms with Crippen LogP contribution in [-0.2, 0) is 7.05 Å². The number of piperidine rings is 1. The number of hydrogen-bond donors (Lipinski definition) is 2. The molecule has 2 atom stereocenters. The van der Waals surface area contributed by atoms with Crippen LogP contribution in [0.3, 0.4) is 0 Å². The van der Waals surface area contributed by atoms with Gasteiger partial charge in [-0.3, -0.25) is 0 Å². The molecule has 3 aromatic rings. The topological polar surface area (TPSA) is 66.6 Å². The molecule has 7 nitrogen and oxygen atoms in total. The Morgan fingerprint density at radius 2 is 2.05 bits per heavy atom. The molecule has 1 amide bonds. The molecular weight excluding hydrogens is 555 g/mol. The fraction of sp³-hybridized carbons (Fsp3) is 0.440. The maximum absolute atomic E-state index is 14.6. The number of aryl methyl sites for hydroxylation is 1. The van der Waals surface area contributed by atoms with E-state index < -0.39 is 32.2 Å². The molecule has 1 fully saturated rings. The number of likely N-dealkylation sites (tertiary alicyclic amines) is 1. The summed E-state index contributed by atoms with van der Waals surface area (Å²) in [4.78, 5) is 14.0. The van der Waals surface area contributed by atoms with Crippen molar-refractivity contribution >= 4 is 36.7 Å². The molecule has 1 aliphatic heterocycles. The molecule has 2 unspecified atom stereocenters. The number of halogens is 4. The van der Waals surface area contributed by atoms with E-state index in [1.54, 1.807) is 37.6 Å². The van der Waals surface area contributed by atoms with E-state index in [4.69, 9.17) is 0 Å². The van der Waals surface area contributed by atoms with Crippen molar-refractivity contribution in [1.82, 2.24) is 24.4 Å². The first-order chi connectivity index (χ1) is 17.6. The Morgan fingerprint density at radius 3 is 2.70 bits per heavy atom. The zero-order valence-electron chi connectivity index (χ0n) is 21.1. The van der Waals surface area contributed by atoms with Crippen LogP contribution in [0.4, 0.5) is 23.2 Å². The van der Waals surface area contributed by atoms with Crippen LogP contribution in [0.5, 0.6) is 0 Å². The van der Waals surface area contributed by atoms with E-state index in [-0.39, 0.29) is 22.6 Å². The second-order valence-electron chi connectivity index (χ2n) is 8.29. The summed E-state index contributed by atoms with van der Waals surface area (Å²) in [5.74, 6) is 5.15. The van der Waals surface area contributed by atoms with Gasteiger partial charge in [-0.2, -0.15) is 0 Å². The molecule has 2 N–H and O–H groups in total. The molecule has 0 saturated carbocycles. The van der Waals surface area contributed by atoms with Gasteiger partial charge >= 0.3 is 206 Å². The number of carbonyl (C=O) groups is 1. The molecule has 200 valence electrons. The second-order valence-corrected chi connectivity index (χ2v) is 10.5. The Kier molecular flexibility index (Phi) is 9.65. The molecule has 0 aliphatic carbocycles. The number of nitrogens with zero attached hydrogens (tertiary/aromatic N) is 4. The summed E-state index contributed by atoms with van der Waals surface area (Å²) in [6.45, 7) is 4.99. The number of alkyl halides is 4. The van der Waals surface area contributed by atoms with Gasteiger partial charge in [-0.05, 0) is 0 Å². The molecule has 37 heavy (non-hydrogen) atoms. The molecule has 3 aromatic heterocycles. The number of aromatic nitrogens is 3. The second kappa shape index (κ2) is 12.5. The molecule has 1 saturated heterocycles. The first kappa shape index (κ1) is 28.6. The Balaban J connectivity index is 0.00000186. The number of fused-ring (bicyclic) bond motifs is 1. The van der Waals surface area contributed by atoms with Crippen LogP contribution in [0.2, 0.25) is 0 Å². The van der Waals surface area contributed by atoms with Crippen LogP contribution in [0.25, 0.3) is 5.52 Å². The van der Waals surface area contributed by atoms with Gasteiger partial charge < -0.3 is 0 Å². The number of amides is 1. The fourth-order valence-electron chi connectivity index (χ4n) is 3.92. The van der Waals surface area contributed by atoms with Gasteiger partial charge in [0.25, 0.3) is 0 Å². The minimum atomic E-state index is -4.38. The molecule has 0 radical (unpaired) electrons. The first-order valence-corrected chi connectivity index (χ1v) is 13.6. The van der Waals surface area contributed by atoms with Gasteiger partial charge in [-0.15, -0.1) is 0 Å². The average molecular weight is 586 g/mol. The van der Waals surface area contributed by atoms with Gasteiger partial charge in [-0.1, -0.05) is 13.8 Å². The molecular formula is C25H30F4N6OSe. The summed E-state index contributed by atoms with van der Waals surface area (Å²) in [6, 6.07) is 4.53. The normalized spacial score (nSPS) is 17.9. The van der Waals surface area contributed by atoms with Crippen LogP contribution in [0, 0.1) is 11.8 Å². The molecule has 0 aromatic carbocycles. The van der Waals surface area contributed by atoms with Crippen LogP contribution < -0.4 is 15.2 Å². The van der Waals surface area contributed by atoms with Crippen molar-refractivity contribution in [3.63, 3.8) is 0 Å². The van der Waals surface area contributed by atoms with Gasteiger partial charge in [0, 0.05) is 0 Å². The standard InChI is InChI=1S/C23H24F4N6OSe.C2H6/c1-31-10-7-18(17(24)14-31)30-19-6-4-9-33-20(19)11-15(22(33)35-23(25,26)27)5-3-8-28-21(34)16-12-29-32(2)13-16;1-2/h4,6,9,11-13,17-18,30H,7-8,10,14H2,1-2H3,(H,28,34);1-2H3. The predicted octanol–water partition coefficient (Wildman–Crippen LogP) is 2.78. The van der Waals surface area contributed by atoms with E-state index in [0.29, 0.717) is 29.7 Å². The number of carbonyl (C=O) groups excluding carboxylic acids is 1. The minimum absolute atomic E-state index is 0.0391. The third kappa shape index (κ3) is 7.51. The van der Waals surface area contributed by atoms with E-state index in [1.807, 2.05) is 25.8 Å². The van der Waals surface area contributed by atoms with Gasteiger partial charge in [-0.25, -0.2) is 0 Å². The van der Waals surface area contributed by atoms with Crippen LogP contribution in [0.15, 0.2) is 36.8 Å². The van der Waals surface area contributed by atoms with Crippen molar-refractivity contribution in [3.8, 4) is 11.8 Å². The molecule has 12 heteroatoms. The molecule has 1 aliphatic rings. The van der Waals surface area contributed by atoms with E-state index >= 15 is 0 Å². The van der Waals surface area contributed by atoms with Gasteiger partial charge in [0.2, 0.25) is 0 Å². The summed E-state index contributed by atoms with van der Waals surface area (Å²) >= 11 is -1.85. The Bertz CT molecular complexity index is 1280. The Labute approximate surface area is 219 Å². The summed E-state index contributed by atoms with van der Waals surface area (Å²) in [6.07, 6.45) is 4.01. The Morgan fingerprint density at radius 1 is 1.30 bits per heavy atom. The van der Waals surface area contributed by atoms with Crippen molar-refractivity contribution in [2.75, 3.05) is 32.0 Å². The molecule has 0 spiro atoms. The molecule has 4 heterocycles. The van der Waals surface area contributed by atoms with Gasteiger partial charge in [0.05, 0.1) is 0 Å². The zero-order valence-corrected chi connectivity index (χ0v) is 22.8. The first-order valence-electron chi connectivity index (χ1n) is 11.9. The van der Waals surface area contributed by atoms with E-state index in [2.05, 4.69) is 27.6 Å². The van der Waals surface area contributed by atoms with Crippen LogP contribution >= 0.6 is 0 Å². The summed E-state index contributed by atoms with van der Waals surface area (Å²) < 4.78 is 57.8. The summed E-state index contributed by atoms with van der Waals surface area (Å²) in [5, 5.41) is 5.34. The number of anilines is 1. The summed E-state index contributed by atoms with van der Waals surface area (Å²) in [7, 11) is 3.54. The molecule has 0 bridgehead atoms. The maximum atomic E-state index is 14.6. The van der Waals surface area contributed by atoms with Crippen molar-refractivity contribution in [2.24, 2.45) is 7.05 Å².